The molecule has 0 aliphatic carbocycles. The highest BCUT2D eigenvalue weighted by molar-refractivity contribution is 5.76. The minimum atomic E-state index is -0.860. The lowest BCUT2D eigenvalue weighted by Gasteiger charge is -2.28. The van der Waals surface area contributed by atoms with Gasteiger partial charge < -0.3 is 25.0 Å². The number of carboxylic acid groups (broad SMARTS) is 1. The fraction of sp³-hybridized carbons (Fsp3) is 0.345. The third-order valence-corrected chi connectivity index (χ3v) is 5.93. The summed E-state index contributed by atoms with van der Waals surface area (Å²) in [7, 11) is 1.65. The van der Waals surface area contributed by atoms with Crippen LogP contribution in [0.1, 0.15) is 36.5 Å². The van der Waals surface area contributed by atoms with Crippen LogP contribution in [0.4, 0.5) is 0 Å². The molecule has 0 aromatic heterocycles. The van der Waals surface area contributed by atoms with Crippen molar-refractivity contribution in [3.8, 4) is 11.5 Å². The van der Waals surface area contributed by atoms with Crippen LogP contribution in [0.5, 0.6) is 11.5 Å². The third kappa shape index (κ3) is 8.42. The number of β-amino-alcohol motifs (C(OH)–C–C–N with tert-alkyl or cyclic N) is 1. The van der Waals surface area contributed by atoms with Crippen molar-refractivity contribution < 1.29 is 24.5 Å². The van der Waals surface area contributed by atoms with E-state index >= 15 is 0 Å². The monoisotopic (exact) mass is 477 g/mol. The van der Waals surface area contributed by atoms with Crippen LogP contribution >= 0.6 is 0 Å². The number of rotatable bonds is 13. The zero-order chi connectivity index (χ0) is 25.3. The van der Waals surface area contributed by atoms with Crippen LogP contribution in [0.2, 0.25) is 0 Å². The summed E-state index contributed by atoms with van der Waals surface area (Å²) in [4.78, 5) is 11.8. The van der Waals surface area contributed by atoms with E-state index in [1.165, 1.54) is 5.56 Å². The first-order chi connectivity index (χ1) is 16.8. The van der Waals surface area contributed by atoms with Gasteiger partial charge >= 0.3 is 5.97 Å². The van der Waals surface area contributed by atoms with Gasteiger partial charge in [-0.15, -0.1) is 0 Å². The Bertz CT molecular complexity index is 1050. The van der Waals surface area contributed by atoms with Crippen LogP contribution in [-0.4, -0.2) is 48.1 Å². The van der Waals surface area contributed by atoms with Crippen LogP contribution in [-0.2, 0) is 17.6 Å². The Morgan fingerprint density at radius 2 is 1.54 bits per heavy atom. The minimum absolute atomic E-state index is 0.136. The van der Waals surface area contributed by atoms with Crippen molar-refractivity contribution in [2.75, 3.05) is 20.3 Å². The van der Waals surface area contributed by atoms with E-state index < -0.39 is 18.0 Å². The van der Waals surface area contributed by atoms with Crippen molar-refractivity contribution in [2.24, 2.45) is 0 Å². The Labute approximate surface area is 207 Å². The highest BCUT2D eigenvalue weighted by Crippen LogP contribution is 2.24. The average Bonchev–Trinajstić information content (AvgIpc) is 2.86. The number of nitrogens with one attached hydrogen (secondary N) is 1. The number of ether oxygens (including phenoxy) is 2. The van der Waals surface area contributed by atoms with Gasteiger partial charge in [0, 0.05) is 12.1 Å². The van der Waals surface area contributed by atoms with Crippen LogP contribution in [0, 0.1) is 0 Å². The Morgan fingerprint density at radius 1 is 0.914 bits per heavy atom. The van der Waals surface area contributed by atoms with E-state index in [2.05, 4.69) is 19.2 Å². The number of carboxylic acids is 1. The number of hydrogen-bond acceptors (Lipinski definition) is 5. The summed E-state index contributed by atoms with van der Waals surface area (Å²) < 4.78 is 10.9. The van der Waals surface area contributed by atoms with Crippen LogP contribution < -0.4 is 14.8 Å². The SMILES string of the molecule is COc1ccc(CC(C)(C)NC[C@@H](O)COc2ccc([C@H](Cc3ccccc3)C(=O)O)cc2)cc1. The second-order valence-electron chi connectivity index (χ2n) is 9.40. The molecule has 35 heavy (non-hydrogen) atoms. The fourth-order valence-corrected chi connectivity index (χ4v) is 3.96. The number of methoxy groups -OCH3 is 1. The summed E-state index contributed by atoms with van der Waals surface area (Å²) in [6, 6.07) is 24.6. The van der Waals surface area contributed by atoms with E-state index in [0.29, 0.717) is 18.7 Å². The lowest BCUT2D eigenvalue weighted by atomic mass is 9.92. The summed E-state index contributed by atoms with van der Waals surface area (Å²) in [5.74, 6) is -0.0700. The number of benzene rings is 3. The van der Waals surface area contributed by atoms with Crippen molar-refractivity contribution in [3.05, 3.63) is 95.6 Å². The van der Waals surface area contributed by atoms with E-state index in [9.17, 15) is 15.0 Å². The molecule has 3 rings (SSSR count). The van der Waals surface area contributed by atoms with Crippen LogP contribution in [0.3, 0.4) is 0 Å². The molecule has 3 aromatic rings. The molecule has 0 heterocycles. The Kier molecular flexibility index (Phi) is 9.29. The second kappa shape index (κ2) is 12.4. The quantitative estimate of drug-likeness (QED) is 0.337. The van der Waals surface area contributed by atoms with Crippen LogP contribution in [0.25, 0.3) is 0 Å². The largest absolute Gasteiger partial charge is 0.497 e. The van der Waals surface area contributed by atoms with Gasteiger partial charge in [0.05, 0.1) is 13.0 Å². The predicted octanol–water partition coefficient (Wildman–Crippen LogP) is 4.46. The normalized spacial score (nSPS) is 13.1. The highest BCUT2D eigenvalue weighted by Gasteiger charge is 2.21. The van der Waals surface area contributed by atoms with E-state index in [0.717, 1.165) is 23.3 Å². The molecular formula is C29H35NO5. The van der Waals surface area contributed by atoms with Gasteiger partial charge in [0.15, 0.2) is 0 Å². The maximum absolute atomic E-state index is 11.8. The van der Waals surface area contributed by atoms with Gasteiger partial charge in [0.2, 0.25) is 0 Å². The molecule has 0 fully saturated rings. The average molecular weight is 478 g/mol. The van der Waals surface area contributed by atoms with E-state index in [-0.39, 0.29) is 12.1 Å². The summed E-state index contributed by atoms with van der Waals surface area (Å²) in [6.45, 7) is 4.71. The van der Waals surface area contributed by atoms with E-state index in [4.69, 9.17) is 9.47 Å². The maximum atomic E-state index is 11.8. The Morgan fingerprint density at radius 3 is 2.14 bits per heavy atom. The maximum Gasteiger partial charge on any atom is 0.311 e. The second-order valence-corrected chi connectivity index (χ2v) is 9.40. The molecular weight excluding hydrogens is 442 g/mol. The predicted molar refractivity (Wildman–Crippen MR) is 137 cm³/mol. The standard InChI is InChI=1S/C29H35NO5/c1-29(2,18-22-9-13-25(34-3)14-10-22)30-19-24(31)20-35-26-15-11-23(12-16-26)27(28(32)33)17-21-7-5-4-6-8-21/h4-16,24,27,30-31H,17-20H2,1-3H3,(H,32,33)/t24-,27+/m1/s1. The number of aliphatic hydroxyl groups is 1. The minimum Gasteiger partial charge on any atom is -0.497 e. The smallest absolute Gasteiger partial charge is 0.311 e. The topological polar surface area (TPSA) is 88.0 Å². The molecule has 0 amide bonds. The molecule has 6 heteroatoms. The van der Waals surface area contributed by atoms with Gasteiger partial charge in [-0.25, -0.2) is 0 Å². The molecule has 0 saturated heterocycles. The van der Waals surface area contributed by atoms with Crippen molar-refractivity contribution in [2.45, 2.75) is 44.2 Å². The molecule has 186 valence electrons. The van der Waals surface area contributed by atoms with Gasteiger partial charge in [-0.3, -0.25) is 4.79 Å². The van der Waals surface area contributed by atoms with Gasteiger partial charge in [0.25, 0.3) is 0 Å². The fourth-order valence-electron chi connectivity index (χ4n) is 3.96. The number of aliphatic carboxylic acids is 1. The summed E-state index contributed by atoms with van der Waals surface area (Å²) >= 11 is 0. The molecule has 0 aliphatic heterocycles. The first-order valence-electron chi connectivity index (χ1n) is 11.8. The molecule has 0 unspecified atom stereocenters. The van der Waals surface area contributed by atoms with Gasteiger partial charge in [0.1, 0.15) is 24.2 Å². The third-order valence-electron chi connectivity index (χ3n) is 5.93. The molecule has 6 nitrogen and oxygen atoms in total. The molecule has 0 aliphatic rings. The molecule has 3 N–H and O–H groups in total. The number of carbonyl (C=O) groups is 1. The summed E-state index contributed by atoms with van der Waals surface area (Å²) in [6.07, 6.45) is 0.544. The van der Waals surface area contributed by atoms with E-state index in [1.54, 1.807) is 31.4 Å². The summed E-state index contributed by atoms with van der Waals surface area (Å²) in [5.41, 5.74) is 2.67. The van der Waals surface area contributed by atoms with Gasteiger partial charge in [-0.2, -0.15) is 0 Å². The molecule has 3 aromatic carbocycles. The van der Waals surface area contributed by atoms with Crippen molar-refractivity contribution in [1.82, 2.24) is 5.32 Å². The Hall–Kier alpha value is -3.35. The molecule has 0 radical (unpaired) electrons. The number of aliphatic hydroxyl groups excluding tert-OH is 1. The molecule has 0 spiro atoms. The first-order valence-corrected chi connectivity index (χ1v) is 11.8. The van der Waals surface area contributed by atoms with Crippen molar-refractivity contribution in [1.29, 1.82) is 0 Å². The Balaban J connectivity index is 1.47. The van der Waals surface area contributed by atoms with Gasteiger partial charge in [-0.1, -0.05) is 54.6 Å². The number of hydrogen-bond donors (Lipinski definition) is 3. The van der Waals surface area contributed by atoms with Crippen molar-refractivity contribution in [3.63, 3.8) is 0 Å². The highest BCUT2D eigenvalue weighted by atomic mass is 16.5. The zero-order valence-corrected chi connectivity index (χ0v) is 20.6. The molecule has 0 saturated carbocycles. The lowest BCUT2D eigenvalue weighted by Crippen LogP contribution is -2.46. The van der Waals surface area contributed by atoms with Crippen molar-refractivity contribution >= 4 is 5.97 Å². The van der Waals surface area contributed by atoms with Gasteiger partial charge in [-0.05, 0) is 67.6 Å². The summed E-state index contributed by atoms with van der Waals surface area (Å²) in [5, 5.41) is 23.5. The lowest BCUT2D eigenvalue weighted by molar-refractivity contribution is -0.138. The first kappa shape index (κ1) is 26.3. The van der Waals surface area contributed by atoms with E-state index in [1.807, 2.05) is 54.6 Å². The molecule has 0 bridgehead atoms. The van der Waals surface area contributed by atoms with Crippen LogP contribution in [0.15, 0.2) is 78.9 Å². The molecule has 2 atom stereocenters. The zero-order valence-electron chi connectivity index (χ0n) is 20.6.